The van der Waals surface area contributed by atoms with Gasteiger partial charge in [-0.15, -0.1) is 0 Å². The summed E-state index contributed by atoms with van der Waals surface area (Å²) >= 11 is 0. The molecule has 0 bridgehead atoms. The summed E-state index contributed by atoms with van der Waals surface area (Å²) in [4.78, 5) is 14.4. The molecule has 2 aliphatic rings. The number of hydrogen-bond acceptors (Lipinski definition) is 4. The predicted octanol–water partition coefficient (Wildman–Crippen LogP) is 2.18. The number of piperidine rings is 1. The van der Waals surface area contributed by atoms with Crippen molar-refractivity contribution < 1.29 is 14.6 Å². The molecule has 2 N–H and O–H groups in total. The molecule has 0 radical (unpaired) electrons. The third kappa shape index (κ3) is 4.93. The third-order valence-corrected chi connectivity index (χ3v) is 5.51. The van der Waals surface area contributed by atoms with Crippen molar-refractivity contribution in [3.63, 3.8) is 0 Å². The van der Waals surface area contributed by atoms with E-state index >= 15 is 0 Å². The minimum Gasteiger partial charge on any atom is -0.383 e. The van der Waals surface area contributed by atoms with E-state index in [2.05, 4.69) is 33.0 Å². The van der Waals surface area contributed by atoms with Gasteiger partial charge in [0.05, 0.1) is 6.61 Å². The van der Waals surface area contributed by atoms with E-state index in [1.165, 1.54) is 6.42 Å². The highest BCUT2D eigenvalue weighted by Crippen LogP contribution is 2.45. The first-order valence-electron chi connectivity index (χ1n) is 9.31. The van der Waals surface area contributed by atoms with Crippen LogP contribution in [0.2, 0.25) is 0 Å². The largest absolute Gasteiger partial charge is 0.383 e. The number of nitrogens with one attached hydrogen (secondary N) is 1. The minimum atomic E-state index is -1.27. The third-order valence-electron chi connectivity index (χ3n) is 5.51. The Morgan fingerprint density at radius 3 is 2.46 bits per heavy atom. The van der Waals surface area contributed by atoms with Gasteiger partial charge in [0, 0.05) is 32.8 Å². The van der Waals surface area contributed by atoms with Gasteiger partial charge in [-0.05, 0) is 42.9 Å². The molecule has 1 aliphatic heterocycles. The van der Waals surface area contributed by atoms with Crippen LogP contribution >= 0.6 is 0 Å². The fourth-order valence-electron chi connectivity index (χ4n) is 4.95. The van der Waals surface area contributed by atoms with Crippen LogP contribution in [-0.4, -0.2) is 60.9 Å². The lowest BCUT2D eigenvalue weighted by atomic mass is 9.63. The van der Waals surface area contributed by atoms with Gasteiger partial charge in [-0.25, -0.2) is 0 Å². The molecule has 2 rings (SSSR count). The highest BCUT2D eigenvalue weighted by Gasteiger charge is 2.44. The first-order chi connectivity index (χ1) is 11.1. The van der Waals surface area contributed by atoms with Crippen LogP contribution in [0.3, 0.4) is 0 Å². The molecule has 0 aromatic heterocycles. The Morgan fingerprint density at radius 2 is 1.88 bits per heavy atom. The lowest BCUT2D eigenvalue weighted by molar-refractivity contribution is -0.157. The molecule has 0 unspecified atom stereocenters. The smallest absolute Gasteiger partial charge is 0.255 e. The predicted molar refractivity (Wildman–Crippen MR) is 95.8 cm³/mol. The second kappa shape index (κ2) is 7.30. The second-order valence-corrected chi connectivity index (χ2v) is 9.41. The van der Waals surface area contributed by atoms with E-state index in [1.807, 2.05) is 0 Å². The van der Waals surface area contributed by atoms with E-state index in [9.17, 15) is 9.90 Å². The average molecular weight is 341 g/mol. The summed E-state index contributed by atoms with van der Waals surface area (Å²) in [5.41, 5.74) is -0.677. The topological polar surface area (TPSA) is 61.8 Å². The maximum Gasteiger partial charge on any atom is 0.255 e. The van der Waals surface area contributed by atoms with Crippen molar-refractivity contribution >= 4 is 5.91 Å². The molecule has 24 heavy (non-hydrogen) atoms. The molecule has 1 heterocycles. The monoisotopic (exact) mass is 340 g/mol. The summed E-state index contributed by atoms with van der Waals surface area (Å²) < 4.78 is 5.07. The molecule has 0 spiro atoms. The van der Waals surface area contributed by atoms with Crippen LogP contribution < -0.4 is 5.32 Å². The van der Waals surface area contributed by atoms with Crippen molar-refractivity contribution in [2.24, 2.45) is 10.8 Å². The van der Waals surface area contributed by atoms with Crippen LogP contribution in [0.4, 0.5) is 0 Å². The van der Waals surface area contributed by atoms with Crippen LogP contribution in [0.15, 0.2) is 0 Å². The van der Waals surface area contributed by atoms with Gasteiger partial charge >= 0.3 is 0 Å². The van der Waals surface area contributed by atoms with Gasteiger partial charge in [-0.1, -0.05) is 27.7 Å². The van der Waals surface area contributed by atoms with E-state index < -0.39 is 5.60 Å². The molecular weight excluding hydrogens is 304 g/mol. The Labute approximate surface area is 147 Å². The Hall–Kier alpha value is -0.650. The van der Waals surface area contributed by atoms with Crippen molar-refractivity contribution in [3.8, 4) is 0 Å². The van der Waals surface area contributed by atoms with Crippen molar-refractivity contribution in [2.75, 3.05) is 33.4 Å². The number of nitrogens with zero attached hydrogens (tertiary/aromatic N) is 1. The summed E-state index contributed by atoms with van der Waals surface area (Å²) in [6, 6.07) is 0.356. The summed E-state index contributed by atoms with van der Waals surface area (Å²) in [6.45, 7) is 11.4. The number of methoxy groups -OCH3 is 1. The van der Waals surface area contributed by atoms with Crippen LogP contribution in [0, 0.1) is 10.8 Å². The zero-order chi connectivity index (χ0) is 18.0. The number of hydrogen-bond donors (Lipinski definition) is 2. The Bertz CT molecular complexity index is 434. The summed E-state index contributed by atoms with van der Waals surface area (Å²) in [5.74, 6) is -0.146. The molecule has 5 heteroatoms. The second-order valence-electron chi connectivity index (χ2n) is 9.41. The molecule has 0 aromatic carbocycles. The number of ether oxygens (including phenoxy) is 1. The molecule has 2 fully saturated rings. The highest BCUT2D eigenvalue weighted by molar-refractivity contribution is 5.86. The normalized spacial score (nSPS) is 30.6. The van der Waals surface area contributed by atoms with Gasteiger partial charge in [0.2, 0.25) is 0 Å². The number of rotatable bonds is 6. The zero-order valence-corrected chi connectivity index (χ0v) is 16.2. The fraction of sp³-hybridized carbons (Fsp3) is 0.947. The van der Waals surface area contributed by atoms with Crippen molar-refractivity contribution in [1.82, 2.24) is 10.2 Å². The number of likely N-dealkylation sites (tertiary alicyclic amines) is 1. The molecule has 1 saturated heterocycles. The van der Waals surface area contributed by atoms with Gasteiger partial charge in [0.25, 0.3) is 5.91 Å². The maximum absolute atomic E-state index is 12.7. The molecule has 1 saturated carbocycles. The fourth-order valence-corrected chi connectivity index (χ4v) is 4.95. The highest BCUT2D eigenvalue weighted by atomic mass is 16.5. The van der Waals surface area contributed by atoms with E-state index in [4.69, 9.17) is 4.74 Å². The Balaban J connectivity index is 1.95. The van der Waals surface area contributed by atoms with Crippen LogP contribution in [-0.2, 0) is 9.53 Å². The van der Waals surface area contributed by atoms with Gasteiger partial charge in [-0.3, -0.25) is 4.79 Å². The standard InChI is InChI=1S/C19H36N2O3/c1-17(2)11-15(12-18(3,4)13-17)20-14-19(23)7-6-8-21(16(19)22)9-10-24-5/h15,20,23H,6-14H2,1-5H3/t19-/m0/s1. The van der Waals surface area contributed by atoms with E-state index in [1.54, 1.807) is 12.0 Å². The molecule has 1 amide bonds. The van der Waals surface area contributed by atoms with E-state index in [0.717, 1.165) is 19.3 Å². The first-order valence-corrected chi connectivity index (χ1v) is 9.31. The number of carbonyl (C=O) groups excluding carboxylic acids is 1. The van der Waals surface area contributed by atoms with Gasteiger partial charge in [-0.2, -0.15) is 0 Å². The summed E-state index contributed by atoms with van der Waals surface area (Å²) in [7, 11) is 1.63. The lowest BCUT2D eigenvalue weighted by Crippen LogP contribution is -2.60. The van der Waals surface area contributed by atoms with E-state index in [0.29, 0.717) is 49.5 Å². The Kier molecular flexibility index (Phi) is 5.99. The molecule has 140 valence electrons. The Morgan fingerprint density at radius 1 is 1.25 bits per heavy atom. The number of carbonyl (C=O) groups is 1. The van der Waals surface area contributed by atoms with Crippen LogP contribution in [0.1, 0.15) is 59.8 Å². The van der Waals surface area contributed by atoms with Crippen molar-refractivity contribution in [1.29, 1.82) is 0 Å². The molecule has 1 atom stereocenters. The van der Waals surface area contributed by atoms with Gasteiger partial charge in [0.1, 0.15) is 0 Å². The average Bonchev–Trinajstić information content (AvgIpc) is 2.44. The van der Waals surface area contributed by atoms with Crippen LogP contribution in [0.5, 0.6) is 0 Å². The van der Waals surface area contributed by atoms with Crippen molar-refractivity contribution in [3.05, 3.63) is 0 Å². The molecule has 1 aliphatic carbocycles. The van der Waals surface area contributed by atoms with E-state index in [-0.39, 0.29) is 5.91 Å². The summed E-state index contributed by atoms with van der Waals surface area (Å²) in [5, 5.41) is 14.4. The first kappa shape index (κ1) is 19.7. The van der Waals surface area contributed by atoms with Gasteiger partial charge < -0.3 is 20.1 Å². The molecule has 5 nitrogen and oxygen atoms in total. The number of amides is 1. The number of aliphatic hydroxyl groups is 1. The molecule has 0 aromatic rings. The SMILES string of the molecule is COCCN1CCC[C@](O)(CNC2CC(C)(C)CC(C)(C)C2)C1=O. The quantitative estimate of drug-likeness (QED) is 0.778. The van der Waals surface area contributed by atoms with Gasteiger partial charge in [0.15, 0.2) is 5.60 Å². The summed E-state index contributed by atoms with van der Waals surface area (Å²) in [6.07, 6.45) is 4.78. The zero-order valence-electron chi connectivity index (χ0n) is 16.2. The van der Waals surface area contributed by atoms with Crippen LogP contribution in [0.25, 0.3) is 0 Å². The van der Waals surface area contributed by atoms with Crippen molar-refractivity contribution in [2.45, 2.75) is 71.4 Å². The minimum absolute atomic E-state index is 0.146. The maximum atomic E-state index is 12.7. The lowest BCUT2D eigenvalue weighted by Gasteiger charge is -2.46. The molecular formula is C19H36N2O3.